The number of carbonyl (C=O) groups excluding carboxylic acids is 4. The molecule has 1 aromatic carbocycles. The summed E-state index contributed by atoms with van der Waals surface area (Å²) in [5.41, 5.74) is 1.68. The summed E-state index contributed by atoms with van der Waals surface area (Å²) < 4.78 is 38.3. The number of ether oxygens (including phenoxy) is 1. The van der Waals surface area contributed by atoms with E-state index in [4.69, 9.17) is 9.72 Å². The molecule has 1 aliphatic carbocycles. The Labute approximate surface area is 353 Å². The van der Waals surface area contributed by atoms with Crippen molar-refractivity contribution in [3.8, 4) is 0 Å². The standard InChI is InChI=1S/C42H47F2N11O5S/c43-39(44)37-33(47-42(59)30-17-45-54-11-10-34(48-40(30)54)53-19-27-16-26(53)22-60-27)20-55(50-37)25-6-4-24(5-7-25)18-51-12-14-52(15-13-51)21-36(57)46-32-3-1-2-28-31(23-61-38(28)32)29-8-9-35(56)49-41(29)58/h1-3,10-11,17,20,23-27,29,39H,4-9,12-16,18-19,21-22H2,(H,46,57)(H,47,59)(H,49,56,58)/t24?,25?,26-,27-,29+/m1/s1. The number of nitrogens with one attached hydrogen (secondary N) is 3. The molecule has 61 heavy (non-hydrogen) atoms. The number of hydrogen-bond acceptors (Lipinski definition) is 12. The van der Waals surface area contributed by atoms with Crippen LogP contribution in [0.5, 0.6) is 0 Å². The third-order valence-corrected chi connectivity index (χ3v) is 14.1. The highest BCUT2D eigenvalue weighted by Crippen LogP contribution is 2.39. The normalized spacial score (nSPS) is 24.9. The molecule has 5 aromatic rings. The maximum absolute atomic E-state index is 14.3. The smallest absolute Gasteiger partial charge is 0.284 e. The van der Waals surface area contributed by atoms with Crippen LogP contribution in [0.25, 0.3) is 15.7 Å². The number of aromatic nitrogens is 5. The lowest BCUT2D eigenvalue weighted by atomic mass is 9.85. The minimum absolute atomic E-state index is 0.0133. The van der Waals surface area contributed by atoms with E-state index in [0.717, 1.165) is 98.5 Å². The first-order valence-corrected chi connectivity index (χ1v) is 22.0. The molecule has 5 fully saturated rings. The third kappa shape index (κ3) is 7.99. The van der Waals surface area contributed by atoms with Crippen LogP contribution in [0, 0.1) is 5.92 Å². The highest BCUT2D eigenvalue weighted by Gasteiger charge is 2.40. The van der Waals surface area contributed by atoms with Gasteiger partial charge in [-0.25, -0.2) is 18.3 Å². The van der Waals surface area contributed by atoms with Crippen LogP contribution in [-0.2, 0) is 19.1 Å². The molecule has 8 heterocycles. The number of thiophene rings is 1. The maximum Gasteiger partial charge on any atom is 0.284 e. The molecule has 1 saturated carbocycles. The average molecular weight is 856 g/mol. The lowest BCUT2D eigenvalue weighted by Crippen LogP contribution is -2.49. The summed E-state index contributed by atoms with van der Waals surface area (Å²) in [5, 5.41) is 19.7. The molecule has 0 spiro atoms. The zero-order chi connectivity index (χ0) is 41.8. The van der Waals surface area contributed by atoms with Crippen molar-refractivity contribution in [1.29, 1.82) is 0 Å². The van der Waals surface area contributed by atoms with E-state index in [9.17, 15) is 28.0 Å². The Morgan fingerprint density at radius 1 is 0.984 bits per heavy atom. The van der Waals surface area contributed by atoms with Gasteiger partial charge in [0.2, 0.25) is 17.7 Å². The van der Waals surface area contributed by atoms with Gasteiger partial charge in [-0.1, -0.05) is 12.1 Å². The van der Waals surface area contributed by atoms with Gasteiger partial charge in [0.1, 0.15) is 11.4 Å². The molecule has 4 amide bonds. The molecule has 10 rings (SSSR count). The number of nitrogens with zero attached hydrogens (tertiary/aromatic N) is 8. The van der Waals surface area contributed by atoms with Crippen molar-refractivity contribution >= 4 is 67.9 Å². The highest BCUT2D eigenvalue weighted by atomic mass is 32.1. The second-order valence-electron chi connectivity index (χ2n) is 16.9. The zero-order valence-corrected chi connectivity index (χ0v) is 34.3. The van der Waals surface area contributed by atoms with Crippen LogP contribution in [0.2, 0.25) is 0 Å². The van der Waals surface area contributed by atoms with Gasteiger partial charge >= 0.3 is 0 Å². The molecule has 5 aliphatic rings. The van der Waals surface area contributed by atoms with Gasteiger partial charge in [-0.2, -0.15) is 10.2 Å². The van der Waals surface area contributed by atoms with Crippen LogP contribution < -0.4 is 20.9 Å². The minimum atomic E-state index is -2.87. The number of imide groups is 1. The van der Waals surface area contributed by atoms with E-state index in [1.165, 1.54) is 28.2 Å². The molecule has 320 valence electrons. The van der Waals surface area contributed by atoms with Crippen LogP contribution in [0.1, 0.15) is 84.9 Å². The summed E-state index contributed by atoms with van der Waals surface area (Å²) in [6, 6.07) is 7.76. The number of fused-ring (bicyclic) bond motifs is 4. The molecule has 0 radical (unpaired) electrons. The Hall–Kier alpha value is -5.37. The van der Waals surface area contributed by atoms with E-state index in [0.29, 0.717) is 31.0 Å². The van der Waals surface area contributed by atoms with Gasteiger partial charge in [-0.3, -0.25) is 34.1 Å². The van der Waals surface area contributed by atoms with Crippen molar-refractivity contribution in [3.63, 3.8) is 0 Å². The number of piperidine rings is 1. The van der Waals surface area contributed by atoms with Crippen molar-refractivity contribution < 1.29 is 32.7 Å². The Kier molecular flexibility index (Phi) is 10.7. The molecule has 4 aromatic heterocycles. The first-order valence-electron chi connectivity index (χ1n) is 21.1. The van der Waals surface area contributed by atoms with E-state index in [2.05, 4.69) is 40.8 Å². The SMILES string of the molecule is O=C1CC[C@@H](c2csc3c(NC(=O)CN4CCN(CC5CCC(n6cc(NC(=O)c7cnn8ccc(N9C[C@H]%10C[C@@H]9CO%10)nc78)c(C(F)F)n6)CC5)CC4)cccc23)C(=O)N1. The van der Waals surface area contributed by atoms with Gasteiger partial charge in [-0.15, -0.1) is 11.3 Å². The third-order valence-electron chi connectivity index (χ3n) is 13.1. The number of anilines is 3. The van der Waals surface area contributed by atoms with Crippen molar-refractivity contribution in [2.75, 3.05) is 68.0 Å². The minimum Gasteiger partial charge on any atom is -0.374 e. The molecule has 3 atom stereocenters. The summed E-state index contributed by atoms with van der Waals surface area (Å²) in [7, 11) is 0. The largest absolute Gasteiger partial charge is 0.374 e. The fourth-order valence-electron chi connectivity index (χ4n) is 9.82. The van der Waals surface area contributed by atoms with E-state index in [-0.39, 0.29) is 59.6 Å². The van der Waals surface area contributed by atoms with Gasteiger partial charge in [0.05, 0.1) is 59.5 Å². The van der Waals surface area contributed by atoms with E-state index in [1.54, 1.807) is 10.9 Å². The molecule has 4 saturated heterocycles. The lowest BCUT2D eigenvalue weighted by molar-refractivity contribution is -0.134. The van der Waals surface area contributed by atoms with Crippen LogP contribution >= 0.6 is 11.3 Å². The van der Waals surface area contributed by atoms with Crippen LogP contribution in [0.15, 0.2) is 48.2 Å². The number of amides is 4. The van der Waals surface area contributed by atoms with Gasteiger partial charge in [0, 0.05) is 58.1 Å². The Morgan fingerprint density at radius 2 is 1.80 bits per heavy atom. The van der Waals surface area contributed by atoms with Gasteiger partial charge in [0.15, 0.2) is 11.3 Å². The van der Waals surface area contributed by atoms with Crippen molar-refractivity contribution in [2.45, 2.75) is 75.5 Å². The summed E-state index contributed by atoms with van der Waals surface area (Å²) in [5.74, 6) is -0.376. The van der Waals surface area contributed by atoms with Crippen LogP contribution in [0.4, 0.5) is 26.0 Å². The molecular weight excluding hydrogens is 809 g/mol. The number of piperazine rings is 1. The Bertz CT molecular complexity index is 2490. The molecule has 3 N–H and O–H groups in total. The predicted molar refractivity (Wildman–Crippen MR) is 223 cm³/mol. The number of carbonyl (C=O) groups is 4. The number of alkyl halides is 2. The summed E-state index contributed by atoms with van der Waals surface area (Å²) >= 11 is 1.49. The molecule has 2 bridgehead atoms. The molecule has 0 unspecified atom stereocenters. The second kappa shape index (κ2) is 16.5. The van der Waals surface area contributed by atoms with Crippen LogP contribution in [0.3, 0.4) is 0 Å². The molecule has 19 heteroatoms. The van der Waals surface area contributed by atoms with Crippen molar-refractivity contribution in [2.24, 2.45) is 5.92 Å². The molecule has 4 aliphatic heterocycles. The van der Waals surface area contributed by atoms with E-state index >= 15 is 0 Å². The Balaban J connectivity index is 0.699. The second-order valence-corrected chi connectivity index (χ2v) is 17.8. The van der Waals surface area contributed by atoms with Gasteiger partial charge in [0.25, 0.3) is 12.3 Å². The van der Waals surface area contributed by atoms with E-state index in [1.807, 2.05) is 29.6 Å². The number of hydrogen-bond donors (Lipinski definition) is 3. The molecular formula is C42H47F2N11O5S. The van der Waals surface area contributed by atoms with Crippen molar-refractivity contribution in [1.82, 2.24) is 39.5 Å². The summed E-state index contributed by atoms with van der Waals surface area (Å²) in [6.07, 6.45) is 7.17. The first kappa shape index (κ1) is 39.7. The van der Waals surface area contributed by atoms with Crippen LogP contribution in [-0.4, -0.2) is 122 Å². The monoisotopic (exact) mass is 855 g/mol. The number of rotatable bonds is 11. The summed E-state index contributed by atoms with van der Waals surface area (Å²) in [6.45, 7) is 5.83. The predicted octanol–water partition coefficient (Wildman–Crippen LogP) is 4.82. The first-order chi connectivity index (χ1) is 29.6. The fraction of sp³-hybridized carbons (Fsp3) is 0.500. The van der Waals surface area contributed by atoms with Gasteiger partial charge < -0.3 is 25.2 Å². The highest BCUT2D eigenvalue weighted by molar-refractivity contribution is 7.18. The topological polar surface area (TPSA) is 171 Å². The zero-order valence-electron chi connectivity index (χ0n) is 33.5. The number of benzene rings is 1. The quantitative estimate of drug-likeness (QED) is 0.156. The van der Waals surface area contributed by atoms with E-state index < -0.39 is 18.0 Å². The van der Waals surface area contributed by atoms with Crippen molar-refractivity contribution in [3.05, 3.63) is 65.1 Å². The molecule has 16 nitrogen and oxygen atoms in total. The number of morpholine rings is 1. The van der Waals surface area contributed by atoms with Gasteiger partial charge in [-0.05, 0) is 72.9 Å². The fourth-order valence-corrected chi connectivity index (χ4v) is 10.9. The summed E-state index contributed by atoms with van der Waals surface area (Å²) in [4.78, 5) is 62.5. The Morgan fingerprint density at radius 3 is 2.56 bits per heavy atom. The average Bonchev–Trinajstić information content (AvgIpc) is 4.11. The number of halogens is 2. The lowest BCUT2D eigenvalue weighted by Gasteiger charge is -2.38. The maximum atomic E-state index is 14.3.